The Balaban J connectivity index is 2.86. The van der Waals surface area contributed by atoms with Gasteiger partial charge in [0.2, 0.25) is 5.91 Å². The smallest absolute Gasteiger partial charge is 0.302 e. The average Bonchev–Trinajstić information content (AvgIpc) is 2.74. The van der Waals surface area contributed by atoms with Gasteiger partial charge in [-0.1, -0.05) is 30.3 Å². The zero-order valence-electron chi connectivity index (χ0n) is 18.2. The Morgan fingerprint density at radius 3 is 2.03 bits per heavy atom. The van der Waals surface area contributed by atoms with E-state index >= 15 is 0 Å². The van der Waals surface area contributed by atoms with Gasteiger partial charge in [0, 0.05) is 48.2 Å². The Morgan fingerprint density at radius 1 is 0.966 bits per heavy atom. The summed E-state index contributed by atoms with van der Waals surface area (Å²) in [7, 11) is 6.15. The first kappa shape index (κ1) is 25.0. The van der Waals surface area contributed by atoms with Crippen LogP contribution in [0.5, 0.6) is 0 Å². The molecule has 1 unspecified atom stereocenters. The number of amides is 1. The molecular formula is C21H33NO7. The van der Waals surface area contributed by atoms with Crippen molar-refractivity contribution in [3.63, 3.8) is 0 Å². The molecule has 8 heteroatoms. The number of esters is 1. The van der Waals surface area contributed by atoms with Gasteiger partial charge in [-0.3, -0.25) is 9.59 Å². The van der Waals surface area contributed by atoms with E-state index < -0.39 is 23.5 Å². The first-order valence-electron chi connectivity index (χ1n) is 9.41. The lowest BCUT2D eigenvalue weighted by atomic mass is 9.98. The van der Waals surface area contributed by atoms with Crippen LogP contribution in [0.2, 0.25) is 0 Å². The number of hydrogen-bond acceptors (Lipinski definition) is 7. The van der Waals surface area contributed by atoms with Gasteiger partial charge in [0.15, 0.2) is 11.6 Å². The van der Waals surface area contributed by atoms with Crippen LogP contribution in [0, 0.1) is 0 Å². The van der Waals surface area contributed by atoms with Crippen molar-refractivity contribution in [3.8, 4) is 0 Å². The van der Waals surface area contributed by atoms with Gasteiger partial charge in [-0.05, 0) is 12.5 Å². The maximum absolute atomic E-state index is 12.9. The minimum atomic E-state index is -1.06. The predicted octanol–water partition coefficient (Wildman–Crippen LogP) is 2.23. The Kier molecular flexibility index (Phi) is 10.2. The van der Waals surface area contributed by atoms with Gasteiger partial charge < -0.3 is 29.0 Å². The molecule has 8 nitrogen and oxygen atoms in total. The van der Waals surface area contributed by atoms with E-state index in [1.807, 2.05) is 37.3 Å². The molecule has 0 saturated heterocycles. The van der Waals surface area contributed by atoms with Gasteiger partial charge in [0.1, 0.15) is 6.61 Å². The standard InChI is InChI=1S/C21H33NO7/c1-16(23)29-14-18(17-10-8-7-9-11-17)19(24)22-15-21(27-5,28-6)13-12-20(2,25-3)26-4/h7-11,18H,12-15H2,1-6H3,(H,22,24). The quantitative estimate of drug-likeness (QED) is 0.393. The third-order valence-electron chi connectivity index (χ3n) is 5.07. The molecule has 0 fully saturated rings. The zero-order valence-corrected chi connectivity index (χ0v) is 18.2. The molecule has 1 aromatic rings. The molecule has 0 saturated carbocycles. The number of benzene rings is 1. The Bertz CT molecular complexity index is 627. The van der Waals surface area contributed by atoms with Crippen molar-refractivity contribution in [2.45, 2.75) is 44.2 Å². The number of hydrogen-bond donors (Lipinski definition) is 1. The number of nitrogens with one attached hydrogen (secondary N) is 1. The lowest BCUT2D eigenvalue weighted by molar-refractivity contribution is -0.240. The van der Waals surface area contributed by atoms with E-state index in [1.54, 1.807) is 14.2 Å². The monoisotopic (exact) mass is 411 g/mol. The van der Waals surface area contributed by atoms with Crippen molar-refractivity contribution in [3.05, 3.63) is 35.9 Å². The number of rotatable bonds is 13. The van der Waals surface area contributed by atoms with E-state index in [4.69, 9.17) is 23.7 Å². The fraction of sp³-hybridized carbons (Fsp3) is 0.619. The third kappa shape index (κ3) is 7.74. The SMILES string of the molecule is COC(C)(CCC(CNC(=O)C(COC(C)=O)c1ccccc1)(OC)OC)OC. The first-order valence-corrected chi connectivity index (χ1v) is 9.41. The van der Waals surface area contributed by atoms with E-state index in [2.05, 4.69) is 5.32 Å². The summed E-state index contributed by atoms with van der Waals surface area (Å²) in [6, 6.07) is 9.14. The highest BCUT2D eigenvalue weighted by Crippen LogP contribution is 2.26. The average molecular weight is 411 g/mol. The van der Waals surface area contributed by atoms with Crippen molar-refractivity contribution in [1.82, 2.24) is 5.32 Å². The van der Waals surface area contributed by atoms with Crippen LogP contribution in [0.4, 0.5) is 0 Å². The van der Waals surface area contributed by atoms with Crippen molar-refractivity contribution >= 4 is 11.9 Å². The van der Waals surface area contributed by atoms with E-state index in [0.29, 0.717) is 12.8 Å². The van der Waals surface area contributed by atoms with Crippen LogP contribution >= 0.6 is 0 Å². The number of ether oxygens (including phenoxy) is 5. The second kappa shape index (κ2) is 11.9. The van der Waals surface area contributed by atoms with Crippen molar-refractivity contribution in [2.24, 2.45) is 0 Å². The number of carbonyl (C=O) groups excluding carboxylic acids is 2. The van der Waals surface area contributed by atoms with Gasteiger partial charge >= 0.3 is 5.97 Å². The molecule has 0 aliphatic rings. The Hall–Kier alpha value is -2.00. The molecule has 1 atom stereocenters. The van der Waals surface area contributed by atoms with E-state index in [0.717, 1.165) is 5.56 Å². The van der Waals surface area contributed by atoms with Gasteiger partial charge in [0.05, 0.1) is 12.5 Å². The van der Waals surface area contributed by atoms with Crippen LogP contribution in [0.15, 0.2) is 30.3 Å². The van der Waals surface area contributed by atoms with Gasteiger partial charge in [-0.2, -0.15) is 0 Å². The summed E-state index contributed by atoms with van der Waals surface area (Å²) in [5.74, 6) is -3.24. The second-order valence-corrected chi connectivity index (χ2v) is 6.84. The van der Waals surface area contributed by atoms with Crippen molar-refractivity contribution in [2.75, 3.05) is 41.6 Å². The molecule has 1 rings (SSSR count). The second-order valence-electron chi connectivity index (χ2n) is 6.84. The zero-order chi connectivity index (χ0) is 21.9. The van der Waals surface area contributed by atoms with Crippen LogP contribution < -0.4 is 5.32 Å². The fourth-order valence-corrected chi connectivity index (χ4v) is 2.78. The molecule has 0 spiro atoms. The molecule has 0 aliphatic carbocycles. The molecule has 0 heterocycles. The highest BCUT2D eigenvalue weighted by atomic mass is 16.7. The maximum Gasteiger partial charge on any atom is 0.302 e. The minimum absolute atomic E-state index is 0.0520. The van der Waals surface area contributed by atoms with Gasteiger partial charge in [-0.25, -0.2) is 0 Å². The Morgan fingerprint density at radius 2 is 1.55 bits per heavy atom. The summed E-state index contributed by atoms with van der Waals surface area (Å²) in [6.07, 6.45) is 0.894. The van der Waals surface area contributed by atoms with E-state index in [1.165, 1.54) is 21.1 Å². The van der Waals surface area contributed by atoms with Crippen molar-refractivity contribution in [1.29, 1.82) is 0 Å². The van der Waals surface area contributed by atoms with Crippen LogP contribution in [-0.2, 0) is 33.3 Å². The molecule has 0 radical (unpaired) electrons. The minimum Gasteiger partial charge on any atom is -0.465 e. The lowest BCUT2D eigenvalue weighted by Crippen LogP contribution is -2.48. The van der Waals surface area contributed by atoms with E-state index in [9.17, 15) is 9.59 Å². The molecule has 1 aromatic carbocycles. The maximum atomic E-state index is 12.9. The highest BCUT2D eigenvalue weighted by Gasteiger charge is 2.35. The number of methoxy groups -OCH3 is 4. The molecule has 1 N–H and O–H groups in total. The van der Waals surface area contributed by atoms with Crippen LogP contribution in [0.1, 0.15) is 38.2 Å². The lowest BCUT2D eigenvalue weighted by Gasteiger charge is -2.35. The molecule has 0 bridgehead atoms. The molecule has 0 aromatic heterocycles. The predicted molar refractivity (Wildman–Crippen MR) is 107 cm³/mol. The van der Waals surface area contributed by atoms with Crippen LogP contribution in [-0.4, -0.2) is 65.0 Å². The third-order valence-corrected chi connectivity index (χ3v) is 5.07. The molecule has 164 valence electrons. The summed E-state index contributed by atoms with van der Waals surface area (Å²) < 4.78 is 27.0. The Labute approximate surface area is 172 Å². The number of carbonyl (C=O) groups is 2. The summed E-state index contributed by atoms with van der Waals surface area (Å²) >= 11 is 0. The molecule has 29 heavy (non-hydrogen) atoms. The summed E-state index contributed by atoms with van der Waals surface area (Å²) in [4.78, 5) is 24.1. The van der Waals surface area contributed by atoms with E-state index in [-0.39, 0.29) is 19.1 Å². The van der Waals surface area contributed by atoms with Gasteiger partial charge in [-0.15, -0.1) is 0 Å². The molecule has 0 aliphatic heterocycles. The van der Waals surface area contributed by atoms with Crippen LogP contribution in [0.25, 0.3) is 0 Å². The van der Waals surface area contributed by atoms with Crippen molar-refractivity contribution < 1.29 is 33.3 Å². The highest BCUT2D eigenvalue weighted by molar-refractivity contribution is 5.84. The molecular weight excluding hydrogens is 378 g/mol. The fourth-order valence-electron chi connectivity index (χ4n) is 2.78. The summed E-state index contributed by atoms with van der Waals surface area (Å²) in [5.41, 5.74) is 0.748. The first-order chi connectivity index (χ1) is 13.7. The largest absolute Gasteiger partial charge is 0.465 e. The van der Waals surface area contributed by atoms with Crippen LogP contribution in [0.3, 0.4) is 0 Å². The summed E-state index contributed by atoms with van der Waals surface area (Å²) in [5, 5.41) is 2.86. The normalized spacial score (nSPS) is 13.0. The molecule has 1 amide bonds. The summed E-state index contributed by atoms with van der Waals surface area (Å²) in [6.45, 7) is 3.17. The van der Waals surface area contributed by atoms with Gasteiger partial charge in [0.25, 0.3) is 0 Å². The topological polar surface area (TPSA) is 92.3 Å².